The number of aromatic amines is 1. The van der Waals surface area contributed by atoms with Gasteiger partial charge in [-0.05, 0) is 49.8 Å². The Bertz CT molecular complexity index is 889. The Hall–Kier alpha value is -2.39. The highest BCUT2D eigenvalue weighted by atomic mass is 16.1. The highest BCUT2D eigenvalue weighted by Gasteiger charge is 2.25. The molecule has 3 aromatic rings. The number of carbonyl (C=O) groups is 1. The molecule has 0 atom stereocenters. The Kier molecular flexibility index (Phi) is 4.89. The monoisotopic (exact) mass is 347 g/mol. The smallest absolute Gasteiger partial charge is 0.219 e. The van der Waals surface area contributed by atoms with Crippen molar-refractivity contribution in [3.05, 3.63) is 71.4 Å². The Balaban J connectivity index is 1.35. The van der Waals surface area contributed by atoms with Crippen molar-refractivity contribution < 1.29 is 9.69 Å². The molecular formula is C23H27N2O+. The van der Waals surface area contributed by atoms with Crippen LogP contribution in [0.5, 0.6) is 0 Å². The van der Waals surface area contributed by atoms with Gasteiger partial charge in [0.25, 0.3) is 0 Å². The average molecular weight is 347 g/mol. The van der Waals surface area contributed by atoms with E-state index in [9.17, 15) is 4.79 Å². The summed E-state index contributed by atoms with van der Waals surface area (Å²) in [6.07, 6.45) is 5.48. The molecule has 0 saturated carbocycles. The normalized spacial score (nSPS) is 20.3. The van der Waals surface area contributed by atoms with Crippen LogP contribution in [0.3, 0.4) is 0 Å². The van der Waals surface area contributed by atoms with E-state index in [1.165, 1.54) is 35.3 Å². The highest BCUT2D eigenvalue weighted by Crippen LogP contribution is 2.20. The standard InChI is InChI=1S/C23H26N2O/c1-17-7-8-22-20(13-17)21(15-24-22)23(26)16-25-11-9-19(10-12-25)14-18-5-3-2-4-6-18/h2-8,13,15,19,24H,9-12,14,16H2,1H3/p+1. The first-order valence-corrected chi connectivity index (χ1v) is 9.67. The summed E-state index contributed by atoms with van der Waals surface area (Å²) in [5.74, 6) is 1.02. The number of H-pyrrole nitrogens is 1. The van der Waals surface area contributed by atoms with Crippen molar-refractivity contribution in [2.24, 2.45) is 5.92 Å². The van der Waals surface area contributed by atoms with E-state index in [1.54, 1.807) is 0 Å². The molecule has 1 aliphatic heterocycles. The summed E-state index contributed by atoms with van der Waals surface area (Å²) in [4.78, 5) is 17.5. The van der Waals surface area contributed by atoms with Gasteiger partial charge in [-0.3, -0.25) is 4.79 Å². The fourth-order valence-electron chi connectivity index (χ4n) is 4.20. The van der Waals surface area contributed by atoms with Crippen molar-refractivity contribution in [1.82, 2.24) is 4.98 Å². The lowest BCUT2D eigenvalue weighted by molar-refractivity contribution is -0.897. The van der Waals surface area contributed by atoms with Crippen molar-refractivity contribution in [2.75, 3.05) is 19.6 Å². The summed E-state index contributed by atoms with van der Waals surface area (Å²) in [6, 6.07) is 17.0. The van der Waals surface area contributed by atoms with Crippen LogP contribution in [0.1, 0.15) is 34.3 Å². The van der Waals surface area contributed by atoms with Crippen molar-refractivity contribution >= 4 is 16.7 Å². The Morgan fingerprint density at radius 1 is 1.12 bits per heavy atom. The van der Waals surface area contributed by atoms with Gasteiger partial charge in [0.1, 0.15) is 6.54 Å². The molecule has 2 N–H and O–H groups in total. The molecule has 134 valence electrons. The summed E-state index contributed by atoms with van der Waals surface area (Å²) < 4.78 is 0. The number of piperidine rings is 1. The second-order valence-electron chi connectivity index (χ2n) is 7.73. The van der Waals surface area contributed by atoms with E-state index < -0.39 is 0 Å². The van der Waals surface area contributed by atoms with E-state index in [0.717, 1.165) is 35.5 Å². The van der Waals surface area contributed by atoms with Crippen LogP contribution < -0.4 is 4.90 Å². The molecule has 0 spiro atoms. The van der Waals surface area contributed by atoms with E-state index >= 15 is 0 Å². The van der Waals surface area contributed by atoms with Gasteiger partial charge in [0.05, 0.1) is 13.1 Å². The first-order chi connectivity index (χ1) is 12.7. The first-order valence-electron chi connectivity index (χ1n) is 9.67. The second-order valence-corrected chi connectivity index (χ2v) is 7.73. The minimum atomic E-state index is 0.262. The molecule has 0 aliphatic carbocycles. The fourth-order valence-corrected chi connectivity index (χ4v) is 4.20. The van der Waals surface area contributed by atoms with Crippen LogP contribution in [-0.2, 0) is 6.42 Å². The van der Waals surface area contributed by atoms with Gasteiger partial charge >= 0.3 is 0 Å². The van der Waals surface area contributed by atoms with Crippen LogP contribution >= 0.6 is 0 Å². The average Bonchev–Trinajstić information content (AvgIpc) is 3.07. The number of likely N-dealkylation sites (tertiary alicyclic amines) is 1. The zero-order chi connectivity index (χ0) is 17.9. The van der Waals surface area contributed by atoms with Crippen LogP contribution in [0.15, 0.2) is 54.7 Å². The molecule has 1 aliphatic rings. The minimum absolute atomic E-state index is 0.262. The molecule has 0 radical (unpaired) electrons. The van der Waals surface area contributed by atoms with Gasteiger partial charge in [-0.15, -0.1) is 0 Å². The lowest BCUT2D eigenvalue weighted by Gasteiger charge is -2.28. The minimum Gasteiger partial charge on any atom is -0.360 e. The number of carbonyl (C=O) groups excluding carboxylic acids is 1. The van der Waals surface area contributed by atoms with Crippen LogP contribution in [0.4, 0.5) is 0 Å². The van der Waals surface area contributed by atoms with Gasteiger partial charge in [-0.1, -0.05) is 42.0 Å². The molecule has 3 heteroatoms. The SMILES string of the molecule is Cc1ccc2[nH]cc(C(=O)C[NH+]3CCC(Cc4ccccc4)CC3)c2c1. The lowest BCUT2D eigenvalue weighted by Crippen LogP contribution is -3.14. The van der Waals surface area contributed by atoms with Gasteiger partial charge < -0.3 is 9.88 Å². The predicted octanol–water partition coefficient (Wildman–Crippen LogP) is 3.20. The molecule has 0 bridgehead atoms. The number of aryl methyl sites for hydroxylation is 1. The molecule has 2 heterocycles. The maximum Gasteiger partial charge on any atom is 0.219 e. The highest BCUT2D eigenvalue weighted by molar-refractivity contribution is 6.08. The summed E-state index contributed by atoms with van der Waals surface area (Å²) in [6.45, 7) is 4.89. The Labute approximate surface area is 155 Å². The number of quaternary nitrogens is 1. The molecular weight excluding hydrogens is 320 g/mol. The largest absolute Gasteiger partial charge is 0.360 e. The number of hydrogen-bond acceptors (Lipinski definition) is 1. The number of nitrogens with one attached hydrogen (secondary N) is 2. The molecule has 1 fully saturated rings. The van der Waals surface area contributed by atoms with Gasteiger partial charge in [0, 0.05) is 22.7 Å². The van der Waals surface area contributed by atoms with Crippen molar-refractivity contribution in [3.63, 3.8) is 0 Å². The van der Waals surface area contributed by atoms with E-state index in [0.29, 0.717) is 6.54 Å². The van der Waals surface area contributed by atoms with Gasteiger partial charge in [0.2, 0.25) is 5.78 Å². The van der Waals surface area contributed by atoms with Gasteiger partial charge in [-0.25, -0.2) is 0 Å². The maximum absolute atomic E-state index is 12.8. The van der Waals surface area contributed by atoms with Crippen LogP contribution in [0.2, 0.25) is 0 Å². The molecule has 4 rings (SSSR count). The van der Waals surface area contributed by atoms with Crippen LogP contribution in [0, 0.1) is 12.8 Å². The molecule has 26 heavy (non-hydrogen) atoms. The van der Waals surface area contributed by atoms with Crippen molar-refractivity contribution in [3.8, 4) is 0 Å². The molecule has 1 aromatic heterocycles. The quantitative estimate of drug-likeness (QED) is 0.684. The lowest BCUT2D eigenvalue weighted by atomic mass is 9.90. The number of aromatic nitrogens is 1. The molecule has 0 unspecified atom stereocenters. The van der Waals surface area contributed by atoms with E-state index in [1.807, 2.05) is 6.20 Å². The van der Waals surface area contributed by atoms with Crippen LogP contribution in [-0.4, -0.2) is 30.4 Å². The summed E-state index contributed by atoms with van der Waals surface area (Å²) in [7, 11) is 0. The number of benzene rings is 2. The Morgan fingerprint density at radius 2 is 1.88 bits per heavy atom. The second kappa shape index (κ2) is 7.46. The summed E-state index contributed by atoms with van der Waals surface area (Å²) in [5, 5.41) is 1.06. The summed E-state index contributed by atoms with van der Waals surface area (Å²) >= 11 is 0. The topological polar surface area (TPSA) is 37.3 Å². The predicted molar refractivity (Wildman–Crippen MR) is 106 cm³/mol. The molecule has 3 nitrogen and oxygen atoms in total. The molecule has 2 aromatic carbocycles. The third kappa shape index (κ3) is 3.73. The van der Waals surface area contributed by atoms with Crippen molar-refractivity contribution in [1.29, 1.82) is 0 Å². The van der Waals surface area contributed by atoms with E-state index in [2.05, 4.69) is 60.4 Å². The Morgan fingerprint density at radius 3 is 2.65 bits per heavy atom. The third-order valence-electron chi connectivity index (χ3n) is 5.73. The van der Waals surface area contributed by atoms with Crippen molar-refractivity contribution in [2.45, 2.75) is 26.2 Å². The number of hydrogen-bond donors (Lipinski definition) is 2. The molecule has 0 amide bonds. The van der Waals surface area contributed by atoms with E-state index in [-0.39, 0.29) is 5.78 Å². The fraction of sp³-hybridized carbons (Fsp3) is 0.348. The van der Waals surface area contributed by atoms with Gasteiger partial charge in [0.15, 0.2) is 0 Å². The molecule has 1 saturated heterocycles. The number of ketones is 1. The zero-order valence-electron chi connectivity index (χ0n) is 15.4. The van der Waals surface area contributed by atoms with Crippen LogP contribution in [0.25, 0.3) is 10.9 Å². The number of rotatable bonds is 5. The number of fused-ring (bicyclic) bond motifs is 1. The van der Waals surface area contributed by atoms with Gasteiger partial charge in [-0.2, -0.15) is 0 Å². The third-order valence-corrected chi connectivity index (χ3v) is 5.73. The zero-order valence-corrected chi connectivity index (χ0v) is 15.4. The van der Waals surface area contributed by atoms with E-state index in [4.69, 9.17) is 0 Å². The first kappa shape index (κ1) is 17.0. The summed E-state index contributed by atoms with van der Waals surface area (Å²) in [5.41, 5.74) is 4.53. The number of Topliss-reactive ketones (excluding diaryl/α,β-unsaturated/α-hetero) is 1. The maximum atomic E-state index is 12.8.